The third-order valence-electron chi connectivity index (χ3n) is 2.63. The molecule has 7 nitrogen and oxygen atoms in total. The van der Waals surface area contributed by atoms with Crippen molar-refractivity contribution in [3.8, 4) is 0 Å². The maximum absolute atomic E-state index is 11.9. The fourth-order valence-corrected chi connectivity index (χ4v) is 1.60. The zero-order chi connectivity index (χ0) is 14.5. The van der Waals surface area contributed by atoms with Crippen LogP contribution in [0.4, 0.5) is 5.69 Å². The molecule has 0 bridgehead atoms. The van der Waals surface area contributed by atoms with Gasteiger partial charge in [0.25, 0.3) is 5.69 Å². The van der Waals surface area contributed by atoms with Crippen LogP contribution in [0.25, 0.3) is 0 Å². The van der Waals surface area contributed by atoms with E-state index in [1.807, 2.05) is 0 Å². The zero-order valence-corrected chi connectivity index (χ0v) is 10.3. The molecule has 1 heterocycles. The van der Waals surface area contributed by atoms with E-state index in [0.717, 1.165) is 0 Å². The lowest BCUT2D eigenvalue weighted by atomic mass is 10.2. The number of nitro groups is 1. The van der Waals surface area contributed by atoms with E-state index >= 15 is 0 Å². The normalized spacial score (nSPS) is 10.1. The summed E-state index contributed by atoms with van der Waals surface area (Å²) >= 11 is 0. The van der Waals surface area contributed by atoms with Gasteiger partial charge in [-0.1, -0.05) is 0 Å². The van der Waals surface area contributed by atoms with Gasteiger partial charge in [0.2, 0.25) is 5.91 Å². The molecule has 7 heteroatoms. The fourth-order valence-electron chi connectivity index (χ4n) is 1.60. The molecule has 0 spiro atoms. The number of amides is 1. The number of hydrogen-bond donors (Lipinski definition) is 0. The predicted octanol–water partition coefficient (Wildman–Crippen LogP) is 2.13. The van der Waals surface area contributed by atoms with Crippen molar-refractivity contribution in [1.82, 2.24) is 10.0 Å². The highest BCUT2D eigenvalue weighted by Gasteiger charge is 2.11. The molecular weight excluding hydrogens is 262 g/mol. The molecule has 1 amide bonds. The summed E-state index contributed by atoms with van der Waals surface area (Å²) in [6.45, 7) is -0.0989. The van der Waals surface area contributed by atoms with Crippen molar-refractivity contribution in [2.45, 2.75) is 6.54 Å². The molecule has 0 aliphatic carbocycles. The van der Waals surface area contributed by atoms with Gasteiger partial charge in [0.1, 0.15) is 0 Å². The van der Waals surface area contributed by atoms with Crippen LogP contribution in [0.2, 0.25) is 0 Å². The van der Waals surface area contributed by atoms with Crippen LogP contribution in [-0.2, 0) is 6.54 Å². The van der Waals surface area contributed by atoms with E-state index in [1.165, 1.54) is 36.7 Å². The van der Waals surface area contributed by atoms with Crippen LogP contribution in [0, 0.1) is 15.3 Å². The highest BCUT2D eigenvalue weighted by Crippen LogP contribution is 2.14. The molecule has 0 atom stereocenters. The lowest BCUT2D eigenvalue weighted by molar-refractivity contribution is -0.384. The largest absolute Gasteiger partial charge is 0.756 e. The van der Waals surface area contributed by atoms with Crippen molar-refractivity contribution in [2.75, 3.05) is 0 Å². The molecule has 1 aromatic heterocycles. The molecule has 0 N–H and O–H groups in total. The van der Waals surface area contributed by atoms with Crippen molar-refractivity contribution in [2.24, 2.45) is 0 Å². The monoisotopic (exact) mass is 272 g/mol. The highest BCUT2D eigenvalue weighted by atomic mass is 16.6. The minimum atomic E-state index is -0.739. The first-order valence-corrected chi connectivity index (χ1v) is 5.70. The van der Waals surface area contributed by atoms with E-state index in [9.17, 15) is 20.1 Å². The molecule has 0 fully saturated rings. The topological polar surface area (TPSA) is 99.4 Å². The van der Waals surface area contributed by atoms with Crippen molar-refractivity contribution < 1.29 is 9.72 Å². The Morgan fingerprint density at radius 3 is 2.30 bits per heavy atom. The number of nitro benzene ring substituents is 1. The zero-order valence-electron chi connectivity index (χ0n) is 10.3. The number of aromatic nitrogens is 1. The summed E-state index contributed by atoms with van der Waals surface area (Å²) in [5.74, 6) is -0.739. The van der Waals surface area contributed by atoms with Gasteiger partial charge < -0.3 is 10.3 Å². The van der Waals surface area contributed by atoms with Crippen molar-refractivity contribution in [3.05, 3.63) is 75.2 Å². The molecule has 2 rings (SSSR count). The predicted molar refractivity (Wildman–Crippen MR) is 70.6 cm³/mol. The maximum Gasteiger partial charge on any atom is 0.269 e. The Balaban J connectivity index is 2.08. The maximum atomic E-state index is 11.9. The Morgan fingerprint density at radius 2 is 1.75 bits per heavy atom. The Kier molecular flexibility index (Phi) is 4.02. The Labute approximate surface area is 114 Å². The van der Waals surface area contributed by atoms with E-state index in [1.54, 1.807) is 12.1 Å². The van der Waals surface area contributed by atoms with Gasteiger partial charge in [0, 0.05) is 36.6 Å². The average molecular weight is 272 g/mol. The van der Waals surface area contributed by atoms with Gasteiger partial charge in [0.15, 0.2) is 0 Å². The quantitative estimate of drug-likeness (QED) is 0.627. The highest BCUT2D eigenvalue weighted by molar-refractivity contribution is 5.94. The minimum Gasteiger partial charge on any atom is -0.756 e. The lowest BCUT2D eigenvalue weighted by Gasteiger charge is -2.28. The van der Waals surface area contributed by atoms with Gasteiger partial charge in [-0.15, -0.1) is 0 Å². The second-order valence-corrected chi connectivity index (χ2v) is 4.00. The minimum absolute atomic E-state index is 0.0989. The van der Waals surface area contributed by atoms with Crippen LogP contribution >= 0.6 is 0 Å². The molecule has 0 aliphatic rings. The first-order valence-electron chi connectivity index (χ1n) is 5.70. The second kappa shape index (κ2) is 5.89. The molecule has 0 saturated heterocycles. The summed E-state index contributed by atoms with van der Waals surface area (Å²) in [6, 6.07) is 8.17. The smallest absolute Gasteiger partial charge is 0.269 e. The third kappa shape index (κ3) is 3.15. The summed E-state index contributed by atoms with van der Waals surface area (Å²) in [6.07, 6.45) is 3.05. The van der Waals surface area contributed by atoms with Crippen LogP contribution in [0.3, 0.4) is 0 Å². The molecule has 0 aliphatic heterocycles. The second-order valence-electron chi connectivity index (χ2n) is 4.00. The van der Waals surface area contributed by atoms with Crippen molar-refractivity contribution >= 4 is 11.6 Å². The van der Waals surface area contributed by atoms with Gasteiger partial charge in [-0.25, -0.2) is 0 Å². The summed E-state index contributed by atoms with van der Waals surface area (Å²) in [5, 5.41) is 22.5. The van der Waals surface area contributed by atoms with Crippen LogP contribution < -0.4 is 0 Å². The summed E-state index contributed by atoms with van der Waals surface area (Å²) in [5.41, 5.74) is 0.637. The SMILES string of the molecule is O=C(c1ccc([N+](=O)[O-])cc1)N([O-])Cc1ccncc1. The van der Waals surface area contributed by atoms with Gasteiger partial charge in [-0.3, -0.25) is 19.9 Å². The molecule has 1 aromatic carbocycles. The standard InChI is InChI=1S/C13H10N3O4/c17-13(11-1-3-12(4-2-11)16(19)20)15(18)9-10-5-7-14-8-6-10/h1-8H,9H2/q-1. The van der Waals surface area contributed by atoms with Crippen LogP contribution in [0.1, 0.15) is 15.9 Å². The average Bonchev–Trinajstić information content (AvgIpc) is 2.47. The Bertz CT molecular complexity index is 613. The van der Waals surface area contributed by atoms with E-state index in [2.05, 4.69) is 4.98 Å². The first kappa shape index (κ1) is 13.6. The Morgan fingerprint density at radius 1 is 1.15 bits per heavy atom. The fraction of sp³-hybridized carbons (Fsp3) is 0.0769. The van der Waals surface area contributed by atoms with E-state index in [-0.39, 0.29) is 17.8 Å². The number of carbonyl (C=O) groups is 1. The number of hydroxylamine groups is 2. The summed E-state index contributed by atoms with van der Waals surface area (Å²) in [7, 11) is 0. The van der Waals surface area contributed by atoms with Crippen molar-refractivity contribution in [1.29, 1.82) is 0 Å². The van der Waals surface area contributed by atoms with E-state index < -0.39 is 10.8 Å². The van der Waals surface area contributed by atoms with E-state index in [4.69, 9.17) is 0 Å². The van der Waals surface area contributed by atoms with Gasteiger partial charge in [-0.05, 0) is 29.8 Å². The number of rotatable bonds is 4. The number of nitrogens with zero attached hydrogens (tertiary/aromatic N) is 3. The number of carbonyl (C=O) groups excluding carboxylic acids is 1. The van der Waals surface area contributed by atoms with Crippen molar-refractivity contribution in [3.63, 3.8) is 0 Å². The van der Waals surface area contributed by atoms with Crippen LogP contribution in [-0.4, -0.2) is 20.9 Å². The van der Waals surface area contributed by atoms with Gasteiger partial charge in [0.05, 0.1) is 4.92 Å². The molecule has 0 unspecified atom stereocenters. The number of pyridine rings is 1. The van der Waals surface area contributed by atoms with Crippen LogP contribution in [0.5, 0.6) is 0 Å². The number of non-ortho nitro benzene ring substituents is 1. The molecule has 0 saturated carbocycles. The Hall–Kier alpha value is -2.80. The molecular formula is C13H10N3O4-. The molecule has 102 valence electrons. The third-order valence-corrected chi connectivity index (χ3v) is 2.63. The number of hydrogen-bond acceptors (Lipinski definition) is 5. The summed E-state index contributed by atoms with van der Waals surface area (Å²) < 4.78 is 0. The first-order chi connectivity index (χ1) is 9.58. The van der Waals surface area contributed by atoms with Crippen LogP contribution in [0.15, 0.2) is 48.8 Å². The van der Waals surface area contributed by atoms with Gasteiger partial charge in [-0.2, -0.15) is 0 Å². The van der Waals surface area contributed by atoms with E-state index in [0.29, 0.717) is 10.6 Å². The molecule has 20 heavy (non-hydrogen) atoms. The molecule has 0 radical (unpaired) electrons. The lowest BCUT2D eigenvalue weighted by Crippen LogP contribution is -2.24. The number of benzene rings is 1. The van der Waals surface area contributed by atoms with Gasteiger partial charge >= 0.3 is 0 Å². The molecule has 2 aromatic rings. The summed E-state index contributed by atoms with van der Waals surface area (Å²) in [4.78, 5) is 25.6.